The SMILES string of the molecule is CC.CN(C)CC1(O)CCN(C)CC1. The molecule has 0 aliphatic carbocycles. The van der Waals surface area contributed by atoms with Gasteiger partial charge in [-0.15, -0.1) is 0 Å². The van der Waals surface area contributed by atoms with E-state index < -0.39 is 5.60 Å². The highest BCUT2D eigenvalue weighted by molar-refractivity contribution is 4.86. The zero-order valence-electron chi connectivity index (χ0n) is 10.4. The van der Waals surface area contributed by atoms with Gasteiger partial charge in [0.2, 0.25) is 0 Å². The molecule has 0 aromatic carbocycles. The second kappa shape index (κ2) is 6.38. The Bertz CT molecular complexity index is 140. The molecule has 3 heteroatoms. The lowest BCUT2D eigenvalue weighted by molar-refractivity contribution is -0.0325. The van der Waals surface area contributed by atoms with E-state index in [1.165, 1.54) is 0 Å². The molecule has 0 amide bonds. The van der Waals surface area contributed by atoms with Crippen LogP contribution in [0.25, 0.3) is 0 Å². The van der Waals surface area contributed by atoms with E-state index in [2.05, 4.69) is 16.8 Å². The van der Waals surface area contributed by atoms with Crippen LogP contribution in [0.15, 0.2) is 0 Å². The maximum absolute atomic E-state index is 10.1. The highest BCUT2D eigenvalue weighted by Crippen LogP contribution is 2.21. The summed E-state index contributed by atoms with van der Waals surface area (Å²) in [5.74, 6) is 0. The molecule has 14 heavy (non-hydrogen) atoms. The van der Waals surface area contributed by atoms with Crippen LogP contribution in [0, 0.1) is 0 Å². The van der Waals surface area contributed by atoms with Crippen molar-refractivity contribution in [2.45, 2.75) is 32.3 Å². The molecule has 0 unspecified atom stereocenters. The van der Waals surface area contributed by atoms with Crippen LogP contribution in [0.2, 0.25) is 0 Å². The van der Waals surface area contributed by atoms with E-state index in [9.17, 15) is 5.11 Å². The predicted octanol–water partition coefficient (Wildman–Crippen LogP) is 1.03. The highest BCUT2D eigenvalue weighted by Gasteiger charge is 2.31. The minimum Gasteiger partial charge on any atom is -0.388 e. The number of likely N-dealkylation sites (N-methyl/N-ethyl adjacent to an activating group) is 1. The summed E-state index contributed by atoms with van der Waals surface area (Å²) in [7, 11) is 6.13. The van der Waals surface area contributed by atoms with Gasteiger partial charge in [0.15, 0.2) is 0 Å². The molecule has 0 atom stereocenters. The maximum atomic E-state index is 10.1. The van der Waals surface area contributed by atoms with Crippen LogP contribution in [0.1, 0.15) is 26.7 Å². The molecule has 0 radical (unpaired) electrons. The molecule has 0 aromatic heterocycles. The van der Waals surface area contributed by atoms with Crippen molar-refractivity contribution in [3.8, 4) is 0 Å². The zero-order valence-corrected chi connectivity index (χ0v) is 10.4. The summed E-state index contributed by atoms with van der Waals surface area (Å²) >= 11 is 0. The first-order chi connectivity index (χ1) is 6.52. The fourth-order valence-electron chi connectivity index (χ4n) is 1.78. The van der Waals surface area contributed by atoms with Gasteiger partial charge in [0.1, 0.15) is 0 Å². The van der Waals surface area contributed by atoms with Crippen LogP contribution >= 0.6 is 0 Å². The lowest BCUT2D eigenvalue weighted by atomic mass is 9.91. The third kappa shape index (κ3) is 4.94. The lowest BCUT2D eigenvalue weighted by Crippen LogP contribution is -2.48. The molecule has 0 spiro atoms. The molecule has 1 saturated heterocycles. The van der Waals surface area contributed by atoms with Gasteiger partial charge in [0.05, 0.1) is 5.60 Å². The van der Waals surface area contributed by atoms with E-state index >= 15 is 0 Å². The fraction of sp³-hybridized carbons (Fsp3) is 1.00. The number of nitrogens with zero attached hydrogens (tertiary/aromatic N) is 2. The maximum Gasteiger partial charge on any atom is 0.0798 e. The first-order valence-electron chi connectivity index (χ1n) is 5.57. The summed E-state index contributed by atoms with van der Waals surface area (Å²) in [5.41, 5.74) is -0.435. The van der Waals surface area contributed by atoms with Gasteiger partial charge in [-0.3, -0.25) is 0 Å². The Hall–Kier alpha value is -0.120. The number of piperidine rings is 1. The molecule has 1 fully saturated rings. The van der Waals surface area contributed by atoms with Crippen molar-refractivity contribution in [1.29, 1.82) is 0 Å². The van der Waals surface area contributed by atoms with E-state index in [0.29, 0.717) is 0 Å². The van der Waals surface area contributed by atoms with Gasteiger partial charge >= 0.3 is 0 Å². The molecular weight excluding hydrogens is 176 g/mol. The highest BCUT2D eigenvalue weighted by atomic mass is 16.3. The van der Waals surface area contributed by atoms with E-state index in [1.807, 2.05) is 27.9 Å². The minimum absolute atomic E-state index is 0.435. The molecule has 1 aliphatic heterocycles. The molecule has 3 nitrogen and oxygen atoms in total. The van der Waals surface area contributed by atoms with E-state index in [4.69, 9.17) is 0 Å². The summed E-state index contributed by atoms with van der Waals surface area (Å²) in [6.07, 6.45) is 1.81. The quantitative estimate of drug-likeness (QED) is 0.724. The number of aliphatic hydroxyl groups is 1. The molecule has 86 valence electrons. The molecule has 1 aliphatic rings. The molecule has 1 rings (SSSR count). The van der Waals surface area contributed by atoms with E-state index in [-0.39, 0.29) is 0 Å². The summed E-state index contributed by atoms with van der Waals surface area (Å²) < 4.78 is 0. The van der Waals surface area contributed by atoms with Crippen molar-refractivity contribution in [3.63, 3.8) is 0 Å². The Morgan fingerprint density at radius 1 is 1.21 bits per heavy atom. The standard InChI is InChI=1S/C9H20N2O.C2H6/c1-10(2)8-9(12)4-6-11(3)7-5-9;1-2/h12H,4-8H2,1-3H3;1-2H3. The average molecular weight is 202 g/mol. The molecule has 0 aromatic rings. The Morgan fingerprint density at radius 2 is 1.64 bits per heavy atom. The average Bonchev–Trinajstić information content (AvgIpc) is 2.13. The molecular formula is C11H26N2O. The zero-order chi connectivity index (χ0) is 11.2. The predicted molar refractivity (Wildman–Crippen MR) is 61.6 cm³/mol. The van der Waals surface area contributed by atoms with Crippen molar-refractivity contribution in [2.24, 2.45) is 0 Å². The van der Waals surface area contributed by atoms with Gasteiger partial charge in [-0.05, 0) is 34.0 Å². The van der Waals surface area contributed by atoms with Gasteiger partial charge in [-0.1, -0.05) is 13.8 Å². The van der Waals surface area contributed by atoms with Crippen LogP contribution in [0.3, 0.4) is 0 Å². The summed E-state index contributed by atoms with van der Waals surface area (Å²) in [4.78, 5) is 4.33. The van der Waals surface area contributed by atoms with Crippen molar-refractivity contribution in [3.05, 3.63) is 0 Å². The third-order valence-corrected chi connectivity index (χ3v) is 2.53. The normalized spacial score (nSPS) is 21.6. The largest absolute Gasteiger partial charge is 0.388 e. The van der Waals surface area contributed by atoms with Gasteiger partial charge < -0.3 is 14.9 Å². The molecule has 1 N–H and O–H groups in total. The molecule has 1 heterocycles. The van der Waals surface area contributed by atoms with E-state index in [1.54, 1.807) is 0 Å². The fourth-order valence-corrected chi connectivity index (χ4v) is 1.78. The Labute approximate surface area is 88.7 Å². The van der Waals surface area contributed by atoms with Crippen LogP contribution in [-0.2, 0) is 0 Å². The summed E-state index contributed by atoms with van der Waals surface area (Å²) in [5, 5.41) is 10.1. The first-order valence-corrected chi connectivity index (χ1v) is 5.57. The second-order valence-corrected chi connectivity index (χ2v) is 4.27. The topological polar surface area (TPSA) is 26.7 Å². The Kier molecular flexibility index (Phi) is 6.33. The van der Waals surface area contributed by atoms with Crippen LogP contribution in [0.5, 0.6) is 0 Å². The number of hydrogen-bond acceptors (Lipinski definition) is 3. The van der Waals surface area contributed by atoms with Gasteiger partial charge in [-0.2, -0.15) is 0 Å². The van der Waals surface area contributed by atoms with Gasteiger partial charge in [0.25, 0.3) is 0 Å². The number of likely N-dealkylation sites (tertiary alicyclic amines) is 1. The Balaban J connectivity index is 0.000000791. The lowest BCUT2D eigenvalue weighted by Gasteiger charge is -2.38. The monoisotopic (exact) mass is 202 g/mol. The van der Waals surface area contributed by atoms with Crippen molar-refractivity contribution >= 4 is 0 Å². The third-order valence-electron chi connectivity index (χ3n) is 2.53. The smallest absolute Gasteiger partial charge is 0.0798 e. The van der Waals surface area contributed by atoms with Crippen LogP contribution in [-0.4, -0.2) is 61.3 Å². The summed E-state index contributed by atoms with van der Waals surface area (Å²) in [6, 6.07) is 0. The van der Waals surface area contributed by atoms with Crippen LogP contribution < -0.4 is 0 Å². The van der Waals surface area contributed by atoms with Gasteiger partial charge in [-0.25, -0.2) is 0 Å². The van der Waals surface area contributed by atoms with Gasteiger partial charge in [0, 0.05) is 19.6 Å². The van der Waals surface area contributed by atoms with E-state index in [0.717, 1.165) is 32.5 Å². The molecule has 0 bridgehead atoms. The van der Waals surface area contributed by atoms with Crippen molar-refractivity contribution in [2.75, 3.05) is 40.8 Å². The Morgan fingerprint density at radius 3 is 2.00 bits per heavy atom. The summed E-state index contributed by atoms with van der Waals surface area (Å²) in [6.45, 7) is 6.83. The minimum atomic E-state index is -0.435. The number of hydrogen-bond donors (Lipinski definition) is 1. The second-order valence-electron chi connectivity index (χ2n) is 4.27. The van der Waals surface area contributed by atoms with Crippen LogP contribution in [0.4, 0.5) is 0 Å². The van der Waals surface area contributed by atoms with Crippen molar-refractivity contribution in [1.82, 2.24) is 9.80 Å². The number of rotatable bonds is 2. The van der Waals surface area contributed by atoms with Crippen molar-refractivity contribution < 1.29 is 5.11 Å². The first kappa shape index (κ1) is 13.9. The molecule has 0 saturated carbocycles.